The molecule has 1 N–H and O–H groups in total. The molecule has 0 bridgehead atoms. The molecule has 0 saturated heterocycles. The van der Waals surface area contributed by atoms with Crippen molar-refractivity contribution in [3.05, 3.63) is 30.1 Å². The summed E-state index contributed by atoms with van der Waals surface area (Å²) < 4.78 is 0. The Labute approximate surface area is 68.3 Å². The van der Waals surface area contributed by atoms with Crippen LogP contribution in [0, 0.1) is 0 Å². The van der Waals surface area contributed by atoms with E-state index >= 15 is 0 Å². The summed E-state index contributed by atoms with van der Waals surface area (Å²) in [6.45, 7) is 0. The van der Waals surface area contributed by atoms with Crippen LogP contribution in [0.4, 0.5) is 0 Å². The van der Waals surface area contributed by atoms with Crippen molar-refractivity contribution >= 4 is 12.4 Å². The van der Waals surface area contributed by atoms with Crippen LogP contribution < -0.4 is 5.48 Å². The van der Waals surface area contributed by atoms with Crippen molar-refractivity contribution in [1.82, 2.24) is 10.5 Å². The first-order valence-electron chi connectivity index (χ1n) is 3.15. The van der Waals surface area contributed by atoms with Gasteiger partial charge in [0.1, 0.15) is 0 Å². The molecular formula is C7H6N2O3. The molecule has 5 heteroatoms. The zero-order chi connectivity index (χ0) is 8.81. The van der Waals surface area contributed by atoms with Crippen molar-refractivity contribution in [2.45, 2.75) is 0 Å². The zero-order valence-corrected chi connectivity index (χ0v) is 6.06. The normalized spacial score (nSPS) is 8.67. The molecule has 0 atom stereocenters. The fourth-order valence-electron chi connectivity index (χ4n) is 0.624. The average Bonchev–Trinajstić information content (AvgIpc) is 2.15. The lowest BCUT2D eigenvalue weighted by Gasteiger charge is -1.98. The number of nitrogens with one attached hydrogen (secondary N) is 1. The molecule has 5 nitrogen and oxygen atoms in total. The van der Waals surface area contributed by atoms with Gasteiger partial charge < -0.3 is 4.84 Å². The highest BCUT2D eigenvalue weighted by Gasteiger charge is 2.04. The molecule has 0 fully saturated rings. The highest BCUT2D eigenvalue weighted by molar-refractivity contribution is 5.89. The monoisotopic (exact) mass is 166 g/mol. The predicted octanol–water partition coefficient (Wildman–Crippen LogP) is -0.101. The Morgan fingerprint density at radius 2 is 2.17 bits per heavy atom. The second kappa shape index (κ2) is 4.07. The summed E-state index contributed by atoms with van der Waals surface area (Å²) in [7, 11) is 0. The molecule has 1 heterocycles. The van der Waals surface area contributed by atoms with Gasteiger partial charge in [-0.25, -0.2) is 4.79 Å². The molecule has 0 aliphatic rings. The van der Waals surface area contributed by atoms with Crippen molar-refractivity contribution in [2.75, 3.05) is 0 Å². The number of pyridine rings is 1. The van der Waals surface area contributed by atoms with Crippen LogP contribution in [0.25, 0.3) is 0 Å². The molecule has 0 unspecified atom stereocenters. The Morgan fingerprint density at radius 3 is 2.75 bits per heavy atom. The number of nitrogens with zero attached hydrogens (tertiary/aromatic N) is 1. The van der Waals surface area contributed by atoms with Gasteiger partial charge in [-0.1, -0.05) is 0 Å². The third-order valence-corrected chi connectivity index (χ3v) is 1.12. The third kappa shape index (κ3) is 2.05. The van der Waals surface area contributed by atoms with Crippen molar-refractivity contribution in [3.8, 4) is 0 Å². The number of rotatable bonds is 3. The minimum Gasteiger partial charge on any atom is -0.336 e. The van der Waals surface area contributed by atoms with E-state index in [1.165, 1.54) is 24.5 Å². The predicted molar refractivity (Wildman–Crippen MR) is 38.9 cm³/mol. The smallest absolute Gasteiger partial charge is 0.336 e. The number of carbonyl (C=O) groups excluding carboxylic acids is 2. The number of hydrogen-bond donors (Lipinski definition) is 1. The van der Waals surface area contributed by atoms with Gasteiger partial charge in [0, 0.05) is 12.4 Å². The van der Waals surface area contributed by atoms with Crippen molar-refractivity contribution < 1.29 is 14.4 Å². The van der Waals surface area contributed by atoms with Gasteiger partial charge in [-0.3, -0.25) is 9.78 Å². The van der Waals surface area contributed by atoms with Gasteiger partial charge >= 0.3 is 5.97 Å². The fourth-order valence-corrected chi connectivity index (χ4v) is 0.624. The van der Waals surface area contributed by atoms with Crippen LogP contribution in [-0.2, 0) is 9.63 Å². The van der Waals surface area contributed by atoms with E-state index in [0.717, 1.165) is 0 Å². The summed E-state index contributed by atoms with van der Waals surface area (Å²) in [5, 5.41) is 0. The lowest BCUT2D eigenvalue weighted by molar-refractivity contribution is -0.117. The van der Waals surface area contributed by atoms with Crippen LogP contribution in [-0.4, -0.2) is 17.4 Å². The van der Waals surface area contributed by atoms with Crippen molar-refractivity contribution in [1.29, 1.82) is 0 Å². The SMILES string of the molecule is O=CNOC(=O)c1ccncc1. The maximum Gasteiger partial charge on any atom is 0.363 e. The summed E-state index contributed by atoms with van der Waals surface area (Å²) in [5.74, 6) is -0.621. The molecule has 12 heavy (non-hydrogen) atoms. The van der Waals surface area contributed by atoms with Gasteiger partial charge in [0.05, 0.1) is 5.56 Å². The standard InChI is InChI=1S/C7H6N2O3/c10-5-9-12-7(11)6-1-3-8-4-2-6/h1-5H,(H,9,10). The van der Waals surface area contributed by atoms with Crippen LogP contribution >= 0.6 is 0 Å². The largest absolute Gasteiger partial charge is 0.363 e. The van der Waals surface area contributed by atoms with E-state index in [1.807, 2.05) is 0 Å². The molecule has 0 aromatic carbocycles. The van der Waals surface area contributed by atoms with Crippen molar-refractivity contribution in [3.63, 3.8) is 0 Å². The lowest BCUT2D eigenvalue weighted by Crippen LogP contribution is -2.17. The number of hydrogen-bond acceptors (Lipinski definition) is 4. The maximum absolute atomic E-state index is 10.9. The molecule has 1 aromatic rings. The molecule has 1 rings (SSSR count). The fraction of sp³-hybridized carbons (Fsp3) is 0. The molecule has 0 saturated carbocycles. The molecule has 0 aliphatic carbocycles. The van der Waals surface area contributed by atoms with Gasteiger partial charge in [0.2, 0.25) is 6.41 Å². The Morgan fingerprint density at radius 1 is 1.50 bits per heavy atom. The number of aromatic nitrogens is 1. The minimum atomic E-state index is -0.621. The summed E-state index contributed by atoms with van der Waals surface area (Å²) in [6.07, 6.45) is 3.19. The topological polar surface area (TPSA) is 68.3 Å². The molecule has 0 spiro atoms. The maximum atomic E-state index is 10.9. The minimum absolute atomic E-state index is 0.277. The van der Waals surface area contributed by atoms with Gasteiger partial charge in [-0.05, 0) is 12.1 Å². The van der Waals surface area contributed by atoms with Gasteiger partial charge in [-0.2, -0.15) is 5.48 Å². The average molecular weight is 166 g/mol. The van der Waals surface area contributed by atoms with Crippen LogP contribution in [0.15, 0.2) is 24.5 Å². The molecular weight excluding hydrogens is 160 g/mol. The molecule has 1 amide bonds. The van der Waals surface area contributed by atoms with E-state index < -0.39 is 5.97 Å². The summed E-state index contributed by atoms with van der Waals surface area (Å²) in [6, 6.07) is 2.96. The van der Waals surface area contributed by atoms with Gasteiger partial charge in [0.25, 0.3) is 0 Å². The first-order chi connectivity index (χ1) is 5.84. The number of amides is 1. The second-order valence-corrected chi connectivity index (χ2v) is 1.86. The number of carbonyl (C=O) groups is 2. The zero-order valence-electron chi connectivity index (χ0n) is 6.06. The van der Waals surface area contributed by atoms with Crippen LogP contribution in [0.1, 0.15) is 10.4 Å². The molecule has 0 aliphatic heterocycles. The summed E-state index contributed by atoms with van der Waals surface area (Å²) in [5.41, 5.74) is 2.13. The molecule has 62 valence electrons. The second-order valence-electron chi connectivity index (χ2n) is 1.86. The highest BCUT2D eigenvalue weighted by Crippen LogP contribution is 1.96. The Kier molecular flexibility index (Phi) is 2.78. The van der Waals surface area contributed by atoms with Crippen molar-refractivity contribution in [2.24, 2.45) is 0 Å². The molecule has 0 radical (unpaired) electrons. The first-order valence-corrected chi connectivity index (χ1v) is 3.15. The van der Waals surface area contributed by atoms with Gasteiger partial charge in [-0.15, -0.1) is 0 Å². The lowest BCUT2D eigenvalue weighted by atomic mass is 10.3. The van der Waals surface area contributed by atoms with E-state index in [0.29, 0.717) is 5.56 Å². The van der Waals surface area contributed by atoms with Gasteiger partial charge in [0.15, 0.2) is 0 Å². The van der Waals surface area contributed by atoms with E-state index in [2.05, 4.69) is 9.82 Å². The first kappa shape index (κ1) is 8.19. The van der Waals surface area contributed by atoms with Crippen LogP contribution in [0.2, 0.25) is 0 Å². The van der Waals surface area contributed by atoms with E-state index in [1.54, 1.807) is 5.48 Å². The van der Waals surface area contributed by atoms with E-state index in [-0.39, 0.29) is 6.41 Å². The quantitative estimate of drug-likeness (QED) is 0.503. The number of hydroxylamine groups is 1. The molecule has 1 aromatic heterocycles. The summed E-state index contributed by atoms with van der Waals surface area (Å²) >= 11 is 0. The highest BCUT2D eigenvalue weighted by atomic mass is 16.7. The van der Waals surface area contributed by atoms with Crippen LogP contribution in [0.5, 0.6) is 0 Å². The van der Waals surface area contributed by atoms with Crippen LogP contribution in [0.3, 0.4) is 0 Å². The Hall–Kier alpha value is -1.91. The Bertz CT molecular complexity index is 273. The Balaban J connectivity index is 2.59. The van der Waals surface area contributed by atoms with E-state index in [9.17, 15) is 9.59 Å². The van der Waals surface area contributed by atoms with E-state index in [4.69, 9.17) is 0 Å². The summed E-state index contributed by atoms with van der Waals surface area (Å²) in [4.78, 5) is 28.7. The third-order valence-electron chi connectivity index (χ3n) is 1.12.